The van der Waals surface area contributed by atoms with Crippen LogP contribution in [-0.2, 0) is 79.2 Å². The summed E-state index contributed by atoms with van der Waals surface area (Å²) in [5, 5.41) is 0. The third kappa shape index (κ3) is 29.0. The summed E-state index contributed by atoms with van der Waals surface area (Å²) in [5.41, 5.74) is 35.9. The Morgan fingerprint density at radius 3 is 0.875 bits per heavy atom. The van der Waals surface area contributed by atoms with Gasteiger partial charge in [0.05, 0.1) is 0 Å². The molecule has 5 heterocycles. The van der Waals surface area contributed by atoms with E-state index in [0.717, 1.165) is 38.5 Å². The smallest absolute Gasteiger partial charge is 0.201 e. The van der Waals surface area contributed by atoms with Crippen LogP contribution in [0.4, 0.5) is 0 Å². The Kier molecular flexibility index (Phi) is 32.5. The van der Waals surface area contributed by atoms with Crippen LogP contribution >= 0.6 is 0 Å². The Morgan fingerprint density at radius 1 is 0.277 bits per heavy atom. The minimum atomic E-state index is 0.194. The van der Waals surface area contributed by atoms with Gasteiger partial charge in [-0.2, -0.15) is 0 Å². The van der Waals surface area contributed by atoms with Gasteiger partial charge in [0, 0.05) is 88.5 Å². The molecule has 0 radical (unpaired) electrons. The van der Waals surface area contributed by atoms with Gasteiger partial charge in [-0.3, -0.25) is 0 Å². The third-order valence-corrected chi connectivity index (χ3v) is 21.2. The molecule has 0 unspecified atom stereocenters. The summed E-state index contributed by atoms with van der Waals surface area (Å²) in [6.45, 7) is 68.1. The standard InChI is InChI=1S/C23H34N.2C22H32N.C21H30N.C19H26N/c1-8-19(9-2)20-11-10-17(3)21(15-20)22-14-18(12-13-24(22)7)16-23(4,5)6;1-16-13-18(22(5,6)7)9-10-19(16)20-14-17(11-12-23(20)8)15-21(2,3)4;1-16(2)12-18-8-9-20(17(3)13-18)21-14-19(10-11-23(21)7)15-22(4,5)6;1-15(2)18-8-9-19(16(3)12-18)20-13-17(10-11-22(20)7)14-21(4,5)6;1-14-7-8-17(15(2)11-14)18-12-16(9-10-20(18)6)13-19(3,4)5/h10-15,19H,8-9,16H2,1-7H3;9-14H,15H2,1-8H3;8-11,13-14,16H,12,15H2,1-7H3;8-13,15H,14H2,1-7H3;7-12H,13H2,1-6H3/q5*+1. The second-order valence-electron chi connectivity index (χ2n) is 41.0. The van der Waals surface area contributed by atoms with Crippen LogP contribution in [0.25, 0.3) is 56.3 Å². The predicted molar refractivity (Wildman–Crippen MR) is 484 cm³/mol. The number of hydrogen-bond donors (Lipinski definition) is 0. The monoisotopic (exact) mass is 1510 g/mol. The van der Waals surface area contributed by atoms with Crippen LogP contribution in [0, 0.1) is 74.5 Å². The van der Waals surface area contributed by atoms with Crippen molar-refractivity contribution in [3.63, 3.8) is 0 Å². The van der Waals surface area contributed by atoms with Gasteiger partial charge in [0.2, 0.25) is 28.5 Å². The Morgan fingerprint density at radius 2 is 0.580 bits per heavy atom. The number of aryl methyl sites for hydroxylation is 11. The topological polar surface area (TPSA) is 19.4 Å². The molecule has 112 heavy (non-hydrogen) atoms. The Hall–Kier alpha value is -8.15. The SMILES string of the molecule is CCC(CC)c1ccc(C)c(-c2cc(CC(C)(C)C)cc[n+]2C)c1.Cc1cc(C(C)(C)C)ccc1-c1cc(CC(C)(C)C)cc[n+]1C.Cc1cc(C(C)C)ccc1-c1cc(CC(C)(C)C)cc[n+]1C.Cc1cc(CC(C)C)ccc1-c1cc(CC(C)(C)C)cc[n+]1C.Cc1ccc(-c2cc(CC(C)(C)C)cc[n+]2C)c(C)c1. The van der Waals surface area contributed by atoms with Crippen LogP contribution in [0.15, 0.2) is 183 Å². The molecule has 0 saturated carbocycles. The largest absolute Gasteiger partial charge is 0.212 e. The predicted octanol–water partition coefficient (Wildman–Crippen LogP) is 26.2. The zero-order chi connectivity index (χ0) is 83.9. The van der Waals surface area contributed by atoms with Crippen LogP contribution in [0.2, 0.25) is 0 Å². The van der Waals surface area contributed by atoms with Gasteiger partial charge in [-0.15, -0.1) is 0 Å². The number of hydrogen-bond acceptors (Lipinski definition) is 0. The normalized spacial score (nSPS) is 12.1. The van der Waals surface area contributed by atoms with E-state index in [-0.39, 0.29) is 5.41 Å². The van der Waals surface area contributed by atoms with E-state index in [2.05, 4.69) is 448 Å². The van der Waals surface area contributed by atoms with Gasteiger partial charge in [0.15, 0.2) is 31.0 Å². The first-order chi connectivity index (χ1) is 51.8. The van der Waals surface area contributed by atoms with E-state index in [1.54, 1.807) is 0 Å². The molecule has 5 heteroatoms. The molecule has 10 aromatic rings. The fraction of sp³-hybridized carbons (Fsp3) is 0.486. The number of nitrogens with zero attached hydrogens (tertiary/aromatic N) is 5. The summed E-state index contributed by atoms with van der Waals surface area (Å²) >= 11 is 0. The summed E-state index contributed by atoms with van der Waals surface area (Å²) in [5.74, 6) is 1.94. The number of benzene rings is 5. The van der Waals surface area contributed by atoms with Crippen LogP contribution in [-0.4, -0.2) is 0 Å². The van der Waals surface area contributed by atoms with Crippen molar-refractivity contribution in [2.24, 2.45) is 68.2 Å². The van der Waals surface area contributed by atoms with Crippen LogP contribution in [0.5, 0.6) is 0 Å². The van der Waals surface area contributed by atoms with Crippen molar-refractivity contribution in [2.45, 2.75) is 276 Å². The van der Waals surface area contributed by atoms with Crippen molar-refractivity contribution in [3.05, 3.63) is 266 Å². The lowest BCUT2D eigenvalue weighted by Gasteiger charge is -2.20. The maximum atomic E-state index is 2.42. The van der Waals surface area contributed by atoms with E-state index in [1.807, 2.05) is 0 Å². The third-order valence-electron chi connectivity index (χ3n) is 21.2. The van der Waals surface area contributed by atoms with Crippen molar-refractivity contribution in [3.8, 4) is 56.3 Å². The van der Waals surface area contributed by atoms with Gasteiger partial charge in [-0.25, -0.2) is 22.8 Å². The van der Waals surface area contributed by atoms with E-state index >= 15 is 0 Å². The summed E-state index contributed by atoms with van der Waals surface area (Å²) in [6, 6.07) is 57.4. The average Bonchev–Trinajstić information content (AvgIpc) is 0.810. The second-order valence-corrected chi connectivity index (χ2v) is 41.0. The number of pyridine rings is 5. The molecule has 5 aromatic heterocycles. The minimum Gasteiger partial charge on any atom is -0.201 e. The summed E-state index contributed by atoms with van der Waals surface area (Å²) in [4.78, 5) is 0. The average molecular weight is 1510 g/mol. The molecule has 602 valence electrons. The van der Waals surface area contributed by atoms with Gasteiger partial charge in [0.25, 0.3) is 0 Å². The summed E-state index contributed by atoms with van der Waals surface area (Å²) in [6.07, 6.45) is 20.0. The highest BCUT2D eigenvalue weighted by Crippen LogP contribution is 2.35. The van der Waals surface area contributed by atoms with E-state index in [0.29, 0.717) is 44.8 Å². The highest BCUT2D eigenvalue weighted by molar-refractivity contribution is 5.66. The van der Waals surface area contributed by atoms with Crippen molar-refractivity contribution in [1.82, 2.24) is 0 Å². The minimum absolute atomic E-state index is 0.194. The molecule has 0 aliphatic rings. The molecule has 0 atom stereocenters. The van der Waals surface area contributed by atoms with Crippen molar-refractivity contribution in [1.29, 1.82) is 0 Å². The summed E-state index contributed by atoms with van der Waals surface area (Å²) < 4.78 is 11.2. The summed E-state index contributed by atoms with van der Waals surface area (Å²) in [7, 11) is 10.7. The lowest BCUT2D eigenvalue weighted by Crippen LogP contribution is -2.31. The molecule has 0 spiro atoms. The van der Waals surface area contributed by atoms with E-state index in [9.17, 15) is 0 Å². The fourth-order valence-electron chi connectivity index (χ4n) is 15.4. The Bertz CT molecular complexity index is 4730. The lowest BCUT2D eigenvalue weighted by molar-refractivity contribution is -0.660. The molecular formula is C107H154N5+5. The first-order valence-corrected chi connectivity index (χ1v) is 42.2. The van der Waals surface area contributed by atoms with Crippen LogP contribution in [0.3, 0.4) is 0 Å². The van der Waals surface area contributed by atoms with Gasteiger partial charge in [-0.05, 0) is 251 Å². The molecule has 5 nitrogen and oxygen atoms in total. The van der Waals surface area contributed by atoms with Gasteiger partial charge >= 0.3 is 0 Å². The van der Waals surface area contributed by atoms with Crippen LogP contribution < -0.4 is 22.8 Å². The molecule has 0 saturated heterocycles. The highest BCUT2D eigenvalue weighted by atomic mass is 14.9. The van der Waals surface area contributed by atoms with E-state index in [1.165, 1.54) is 153 Å². The maximum Gasteiger partial charge on any atom is 0.212 e. The second kappa shape index (κ2) is 39.3. The van der Waals surface area contributed by atoms with Gasteiger partial charge < -0.3 is 0 Å². The first-order valence-electron chi connectivity index (χ1n) is 42.2. The molecule has 0 bridgehead atoms. The molecule has 0 aliphatic carbocycles. The van der Waals surface area contributed by atoms with Crippen molar-refractivity contribution >= 4 is 0 Å². The Balaban J connectivity index is 0.000000218. The molecule has 0 amide bonds. The fourth-order valence-corrected chi connectivity index (χ4v) is 15.4. The van der Waals surface area contributed by atoms with Gasteiger partial charge in [0.1, 0.15) is 35.2 Å². The highest BCUT2D eigenvalue weighted by Gasteiger charge is 2.25. The zero-order valence-electron chi connectivity index (χ0n) is 77.4. The molecular weight excluding hydrogens is 1360 g/mol. The molecule has 5 aromatic carbocycles. The lowest BCUT2D eigenvalue weighted by atomic mass is 9.84. The van der Waals surface area contributed by atoms with Crippen LogP contribution in [0.1, 0.15) is 274 Å². The van der Waals surface area contributed by atoms with Crippen molar-refractivity contribution < 1.29 is 22.8 Å². The molecule has 10 rings (SSSR count). The molecule has 0 N–H and O–H groups in total. The molecule has 0 fully saturated rings. The maximum absolute atomic E-state index is 2.42. The van der Waals surface area contributed by atoms with Gasteiger partial charge in [-0.1, -0.05) is 232 Å². The number of rotatable bonds is 16. The quantitative estimate of drug-likeness (QED) is 0.0859. The Labute approximate surface area is 685 Å². The first kappa shape index (κ1) is 92.7. The molecule has 0 aliphatic heterocycles. The zero-order valence-corrected chi connectivity index (χ0v) is 77.4. The number of aromatic nitrogens is 5. The van der Waals surface area contributed by atoms with E-state index < -0.39 is 0 Å². The van der Waals surface area contributed by atoms with E-state index in [4.69, 9.17) is 0 Å². The van der Waals surface area contributed by atoms with Crippen molar-refractivity contribution in [2.75, 3.05) is 0 Å².